The molecule has 2 aromatic carbocycles. The summed E-state index contributed by atoms with van der Waals surface area (Å²) in [6.45, 7) is 4.06. The molecule has 1 aromatic heterocycles. The third-order valence-electron chi connectivity index (χ3n) is 4.87. The van der Waals surface area contributed by atoms with Crippen molar-refractivity contribution in [1.29, 1.82) is 0 Å². The summed E-state index contributed by atoms with van der Waals surface area (Å²) < 4.78 is 1.75. The predicted octanol–water partition coefficient (Wildman–Crippen LogP) is 2.96. The van der Waals surface area contributed by atoms with Crippen molar-refractivity contribution in [3.63, 3.8) is 0 Å². The minimum absolute atomic E-state index is 0.0434. The maximum atomic E-state index is 12.4. The van der Waals surface area contributed by atoms with Crippen molar-refractivity contribution in [1.82, 2.24) is 25.0 Å². The number of rotatable bonds is 5. The number of carbonyl (C=O) groups is 1. The summed E-state index contributed by atoms with van der Waals surface area (Å²) in [6.07, 6.45) is 2.53. The molecule has 0 atom stereocenters. The Morgan fingerprint density at radius 1 is 1.15 bits per heavy atom. The van der Waals surface area contributed by atoms with Crippen LogP contribution in [0.3, 0.4) is 0 Å². The van der Waals surface area contributed by atoms with Crippen LogP contribution in [0.2, 0.25) is 0 Å². The average molecular weight is 361 g/mol. The SMILES string of the molecule is Cc1cccc(CC2CN(C(=O)NCc3ncnn3-c3ccccc3)C2)c1. The van der Waals surface area contributed by atoms with Crippen LogP contribution in [0.15, 0.2) is 60.9 Å². The van der Waals surface area contributed by atoms with Gasteiger partial charge in [0, 0.05) is 13.1 Å². The summed E-state index contributed by atoms with van der Waals surface area (Å²) >= 11 is 0. The van der Waals surface area contributed by atoms with E-state index in [1.54, 1.807) is 4.68 Å². The molecular formula is C21H23N5O. The number of nitrogens with one attached hydrogen (secondary N) is 1. The van der Waals surface area contributed by atoms with E-state index in [0.717, 1.165) is 25.2 Å². The summed E-state index contributed by atoms with van der Waals surface area (Å²) in [5.41, 5.74) is 3.56. The van der Waals surface area contributed by atoms with Crippen molar-refractivity contribution >= 4 is 6.03 Å². The van der Waals surface area contributed by atoms with Gasteiger partial charge < -0.3 is 10.2 Å². The van der Waals surface area contributed by atoms with Crippen LogP contribution in [-0.2, 0) is 13.0 Å². The molecule has 0 aliphatic carbocycles. The Labute approximate surface area is 158 Å². The van der Waals surface area contributed by atoms with E-state index in [0.29, 0.717) is 18.3 Å². The number of aromatic nitrogens is 3. The van der Waals surface area contributed by atoms with Gasteiger partial charge in [-0.2, -0.15) is 5.10 Å². The Kier molecular flexibility index (Phi) is 4.87. The van der Waals surface area contributed by atoms with Crippen molar-refractivity contribution in [2.45, 2.75) is 19.9 Å². The molecule has 0 saturated carbocycles. The van der Waals surface area contributed by atoms with E-state index in [-0.39, 0.29) is 6.03 Å². The maximum Gasteiger partial charge on any atom is 0.317 e. The van der Waals surface area contributed by atoms with Crippen LogP contribution < -0.4 is 5.32 Å². The minimum Gasteiger partial charge on any atom is -0.331 e. The highest BCUT2D eigenvalue weighted by Gasteiger charge is 2.30. The van der Waals surface area contributed by atoms with Gasteiger partial charge in [0.1, 0.15) is 6.33 Å². The van der Waals surface area contributed by atoms with E-state index in [9.17, 15) is 4.79 Å². The molecule has 1 fully saturated rings. The topological polar surface area (TPSA) is 63.1 Å². The standard InChI is InChI=1S/C21H23N5O/c1-16-6-5-7-17(10-16)11-18-13-25(14-18)21(27)22-12-20-23-15-24-26(20)19-8-3-2-4-9-19/h2-10,15,18H,11-14H2,1H3,(H,22,27). The van der Waals surface area contributed by atoms with E-state index in [1.165, 1.54) is 17.5 Å². The first kappa shape index (κ1) is 17.3. The van der Waals surface area contributed by atoms with Gasteiger partial charge in [0.15, 0.2) is 5.82 Å². The fraction of sp³-hybridized carbons (Fsp3) is 0.286. The summed E-state index contributed by atoms with van der Waals surface area (Å²) in [4.78, 5) is 18.5. The van der Waals surface area contributed by atoms with Gasteiger partial charge in [-0.1, -0.05) is 48.0 Å². The first-order valence-corrected chi connectivity index (χ1v) is 9.21. The highest BCUT2D eigenvalue weighted by atomic mass is 16.2. The second-order valence-corrected chi connectivity index (χ2v) is 7.05. The van der Waals surface area contributed by atoms with Gasteiger partial charge in [-0.25, -0.2) is 14.5 Å². The lowest BCUT2D eigenvalue weighted by atomic mass is 9.92. The smallest absolute Gasteiger partial charge is 0.317 e. The number of aryl methyl sites for hydroxylation is 1. The summed E-state index contributed by atoms with van der Waals surface area (Å²) in [5, 5.41) is 7.20. The second kappa shape index (κ2) is 7.61. The highest BCUT2D eigenvalue weighted by molar-refractivity contribution is 5.75. The molecule has 0 bridgehead atoms. The molecule has 138 valence electrons. The van der Waals surface area contributed by atoms with Gasteiger partial charge in [-0.15, -0.1) is 0 Å². The normalized spacial score (nSPS) is 14.0. The summed E-state index contributed by atoms with van der Waals surface area (Å²) in [7, 11) is 0. The molecule has 3 aromatic rings. The number of urea groups is 1. The van der Waals surface area contributed by atoms with Gasteiger partial charge in [0.2, 0.25) is 0 Å². The first-order chi connectivity index (χ1) is 13.2. The van der Waals surface area contributed by atoms with Crippen molar-refractivity contribution in [3.05, 3.63) is 77.9 Å². The molecule has 1 aliphatic heterocycles. The molecule has 6 nitrogen and oxygen atoms in total. The van der Waals surface area contributed by atoms with Crippen LogP contribution in [0, 0.1) is 12.8 Å². The van der Waals surface area contributed by atoms with Crippen LogP contribution in [-0.4, -0.2) is 38.8 Å². The Morgan fingerprint density at radius 3 is 2.74 bits per heavy atom. The Morgan fingerprint density at radius 2 is 1.96 bits per heavy atom. The average Bonchev–Trinajstić information content (AvgIpc) is 3.12. The van der Waals surface area contributed by atoms with Crippen LogP contribution in [0.5, 0.6) is 0 Å². The highest BCUT2D eigenvalue weighted by Crippen LogP contribution is 2.21. The lowest BCUT2D eigenvalue weighted by molar-refractivity contribution is 0.120. The van der Waals surface area contributed by atoms with Gasteiger partial charge in [0.25, 0.3) is 0 Å². The lowest BCUT2D eigenvalue weighted by Gasteiger charge is -2.39. The fourth-order valence-corrected chi connectivity index (χ4v) is 3.47. The molecule has 2 heterocycles. The fourth-order valence-electron chi connectivity index (χ4n) is 3.47. The third kappa shape index (κ3) is 4.00. The number of likely N-dealkylation sites (tertiary alicyclic amines) is 1. The molecule has 4 rings (SSSR count). The third-order valence-corrected chi connectivity index (χ3v) is 4.87. The van der Waals surface area contributed by atoms with Crippen molar-refractivity contribution in [2.75, 3.05) is 13.1 Å². The number of hydrogen-bond acceptors (Lipinski definition) is 3. The Balaban J connectivity index is 1.27. The molecule has 1 aliphatic rings. The Bertz CT molecular complexity index is 915. The minimum atomic E-state index is -0.0434. The molecule has 1 saturated heterocycles. The lowest BCUT2D eigenvalue weighted by Crippen LogP contribution is -2.54. The van der Waals surface area contributed by atoms with Crippen molar-refractivity contribution in [3.8, 4) is 5.69 Å². The van der Waals surface area contributed by atoms with Crippen molar-refractivity contribution < 1.29 is 4.79 Å². The largest absolute Gasteiger partial charge is 0.331 e. The number of amides is 2. The zero-order valence-corrected chi connectivity index (χ0v) is 15.4. The molecule has 27 heavy (non-hydrogen) atoms. The summed E-state index contributed by atoms with van der Waals surface area (Å²) in [6, 6.07) is 18.3. The first-order valence-electron chi connectivity index (χ1n) is 9.21. The molecular weight excluding hydrogens is 338 g/mol. The zero-order chi connectivity index (χ0) is 18.6. The van der Waals surface area contributed by atoms with Crippen molar-refractivity contribution in [2.24, 2.45) is 5.92 Å². The van der Waals surface area contributed by atoms with E-state index in [1.807, 2.05) is 35.2 Å². The predicted molar refractivity (Wildman–Crippen MR) is 104 cm³/mol. The number of hydrogen-bond donors (Lipinski definition) is 1. The van der Waals surface area contributed by atoms with E-state index in [2.05, 4.69) is 46.6 Å². The van der Waals surface area contributed by atoms with E-state index >= 15 is 0 Å². The maximum absolute atomic E-state index is 12.4. The Hall–Kier alpha value is -3.15. The molecule has 0 unspecified atom stereocenters. The van der Waals surface area contributed by atoms with E-state index < -0.39 is 0 Å². The number of nitrogens with zero attached hydrogens (tertiary/aromatic N) is 4. The van der Waals surface area contributed by atoms with Gasteiger partial charge in [-0.3, -0.25) is 0 Å². The van der Waals surface area contributed by atoms with Gasteiger partial charge in [0.05, 0.1) is 12.2 Å². The zero-order valence-electron chi connectivity index (χ0n) is 15.4. The second-order valence-electron chi connectivity index (χ2n) is 7.05. The molecule has 6 heteroatoms. The van der Waals surface area contributed by atoms with Gasteiger partial charge >= 0.3 is 6.03 Å². The van der Waals surface area contributed by atoms with Crippen LogP contribution in [0.1, 0.15) is 17.0 Å². The molecule has 2 amide bonds. The number of carbonyl (C=O) groups excluding carboxylic acids is 1. The monoisotopic (exact) mass is 361 g/mol. The number of para-hydroxylation sites is 1. The van der Waals surface area contributed by atoms with Gasteiger partial charge in [-0.05, 0) is 37.0 Å². The van der Waals surface area contributed by atoms with Crippen LogP contribution in [0.25, 0.3) is 5.69 Å². The van der Waals surface area contributed by atoms with E-state index in [4.69, 9.17) is 0 Å². The van der Waals surface area contributed by atoms with Crippen LogP contribution >= 0.6 is 0 Å². The molecule has 0 spiro atoms. The molecule has 0 radical (unpaired) electrons. The number of benzene rings is 2. The van der Waals surface area contributed by atoms with Crippen LogP contribution in [0.4, 0.5) is 4.79 Å². The summed E-state index contributed by atoms with van der Waals surface area (Å²) in [5.74, 6) is 1.25. The quantitative estimate of drug-likeness (QED) is 0.760. The molecule has 1 N–H and O–H groups in total.